The Bertz CT molecular complexity index is 487. The summed E-state index contributed by atoms with van der Waals surface area (Å²) in [5.41, 5.74) is 0. The monoisotopic (exact) mass is 430 g/mol. The molecule has 0 radical (unpaired) electrons. The third-order valence-electron chi connectivity index (χ3n) is 5.43. The SMILES string of the molecule is CCN(CC)SC1C=CC(SN2CCCC(C(=O)NC3CNC3)C2)CC1.CO. The van der Waals surface area contributed by atoms with E-state index in [0.29, 0.717) is 16.5 Å². The lowest BCUT2D eigenvalue weighted by Crippen LogP contribution is -2.58. The molecule has 2 aliphatic heterocycles. The van der Waals surface area contributed by atoms with Crippen LogP contribution < -0.4 is 10.6 Å². The molecule has 1 amide bonds. The highest BCUT2D eigenvalue weighted by Gasteiger charge is 2.30. The van der Waals surface area contributed by atoms with E-state index >= 15 is 0 Å². The van der Waals surface area contributed by atoms with Crippen LogP contribution in [-0.4, -0.2) is 82.5 Å². The highest BCUT2D eigenvalue weighted by atomic mass is 32.2. The Morgan fingerprint density at radius 2 is 1.86 bits per heavy atom. The maximum absolute atomic E-state index is 12.4. The van der Waals surface area contributed by atoms with E-state index in [1.54, 1.807) is 0 Å². The van der Waals surface area contributed by atoms with Crippen LogP contribution in [0.5, 0.6) is 0 Å². The summed E-state index contributed by atoms with van der Waals surface area (Å²) in [5, 5.41) is 14.6. The fourth-order valence-corrected chi connectivity index (χ4v) is 6.03. The lowest BCUT2D eigenvalue weighted by molar-refractivity contribution is -0.127. The van der Waals surface area contributed by atoms with Crippen LogP contribution in [0.1, 0.15) is 39.5 Å². The van der Waals surface area contributed by atoms with Crippen molar-refractivity contribution < 1.29 is 9.90 Å². The van der Waals surface area contributed by atoms with Gasteiger partial charge in [0.05, 0.1) is 12.0 Å². The molecule has 3 atom stereocenters. The van der Waals surface area contributed by atoms with Crippen molar-refractivity contribution in [3.05, 3.63) is 12.2 Å². The van der Waals surface area contributed by atoms with Crippen molar-refractivity contribution in [3.8, 4) is 0 Å². The smallest absolute Gasteiger partial charge is 0.224 e. The molecule has 0 bridgehead atoms. The minimum Gasteiger partial charge on any atom is -0.400 e. The Balaban J connectivity index is 0.00000136. The molecular formula is C20H38N4O2S2. The van der Waals surface area contributed by atoms with Crippen LogP contribution in [0.4, 0.5) is 0 Å². The molecule has 2 fully saturated rings. The highest BCUT2D eigenvalue weighted by Crippen LogP contribution is 2.34. The lowest BCUT2D eigenvalue weighted by Gasteiger charge is -2.36. The van der Waals surface area contributed by atoms with Crippen molar-refractivity contribution in [2.75, 3.05) is 46.4 Å². The second-order valence-corrected chi connectivity index (χ2v) is 10.1. The zero-order chi connectivity index (χ0) is 20.4. The fourth-order valence-electron chi connectivity index (χ4n) is 3.66. The molecule has 3 rings (SSSR count). The largest absolute Gasteiger partial charge is 0.400 e. The van der Waals surface area contributed by atoms with Crippen LogP contribution in [0, 0.1) is 5.92 Å². The summed E-state index contributed by atoms with van der Waals surface area (Å²) in [6.45, 7) is 10.5. The minimum atomic E-state index is 0.162. The topological polar surface area (TPSA) is 67.8 Å². The van der Waals surface area contributed by atoms with Gasteiger partial charge in [0, 0.05) is 56.9 Å². The van der Waals surface area contributed by atoms with Gasteiger partial charge < -0.3 is 15.7 Å². The summed E-state index contributed by atoms with van der Waals surface area (Å²) in [7, 11) is 1.00. The Kier molecular flexibility index (Phi) is 11.3. The molecule has 2 saturated heterocycles. The first-order chi connectivity index (χ1) is 13.7. The van der Waals surface area contributed by atoms with Gasteiger partial charge in [-0.15, -0.1) is 0 Å². The molecule has 3 aliphatic rings. The second kappa shape index (κ2) is 13.1. The number of hydrogen-bond acceptors (Lipinski definition) is 7. The van der Waals surface area contributed by atoms with Crippen molar-refractivity contribution in [2.45, 2.75) is 56.1 Å². The number of nitrogens with one attached hydrogen (secondary N) is 2. The fraction of sp³-hybridized carbons (Fsp3) is 0.850. The van der Waals surface area contributed by atoms with Gasteiger partial charge in [-0.25, -0.2) is 4.31 Å². The molecule has 0 aromatic carbocycles. The number of carbonyl (C=O) groups excluding carboxylic acids is 1. The number of carbonyl (C=O) groups is 1. The van der Waals surface area contributed by atoms with Gasteiger partial charge >= 0.3 is 0 Å². The molecule has 0 aromatic rings. The molecule has 0 spiro atoms. The molecule has 3 N–H and O–H groups in total. The number of rotatable bonds is 8. The van der Waals surface area contributed by atoms with Crippen molar-refractivity contribution in [1.82, 2.24) is 19.2 Å². The highest BCUT2D eigenvalue weighted by molar-refractivity contribution is 7.98. The first-order valence-electron chi connectivity index (χ1n) is 10.7. The van der Waals surface area contributed by atoms with Crippen molar-refractivity contribution in [1.29, 1.82) is 0 Å². The van der Waals surface area contributed by atoms with Gasteiger partial charge in [-0.2, -0.15) is 0 Å². The van der Waals surface area contributed by atoms with Crippen LogP contribution >= 0.6 is 23.9 Å². The molecule has 8 heteroatoms. The van der Waals surface area contributed by atoms with E-state index < -0.39 is 0 Å². The number of piperidine rings is 1. The molecular weight excluding hydrogens is 392 g/mol. The number of hydrogen-bond donors (Lipinski definition) is 3. The normalized spacial score (nSPS) is 28.4. The third kappa shape index (κ3) is 7.54. The van der Waals surface area contributed by atoms with Gasteiger partial charge in [-0.05, 0) is 25.7 Å². The summed E-state index contributed by atoms with van der Waals surface area (Å²) in [6.07, 6.45) is 9.46. The lowest BCUT2D eigenvalue weighted by atomic mass is 9.98. The zero-order valence-electron chi connectivity index (χ0n) is 17.6. The van der Waals surface area contributed by atoms with Crippen LogP contribution in [0.2, 0.25) is 0 Å². The molecule has 28 heavy (non-hydrogen) atoms. The maximum atomic E-state index is 12.4. The quantitative estimate of drug-likeness (QED) is 0.403. The van der Waals surface area contributed by atoms with E-state index in [1.165, 1.54) is 12.8 Å². The Hall–Kier alpha value is -0.250. The van der Waals surface area contributed by atoms with Crippen LogP contribution in [0.15, 0.2) is 12.2 Å². The van der Waals surface area contributed by atoms with Crippen LogP contribution in [0.3, 0.4) is 0 Å². The summed E-state index contributed by atoms with van der Waals surface area (Å²) in [4.78, 5) is 12.4. The predicted molar refractivity (Wildman–Crippen MR) is 121 cm³/mol. The first-order valence-corrected chi connectivity index (χ1v) is 12.3. The molecule has 162 valence electrons. The van der Waals surface area contributed by atoms with Gasteiger partial charge in [-0.3, -0.25) is 9.10 Å². The first kappa shape index (κ1) is 24.0. The summed E-state index contributed by atoms with van der Waals surface area (Å²) < 4.78 is 4.88. The third-order valence-corrected chi connectivity index (χ3v) is 8.20. The second-order valence-electron chi connectivity index (χ2n) is 7.46. The van der Waals surface area contributed by atoms with Gasteiger partial charge in [0.15, 0.2) is 0 Å². The van der Waals surface area contributed by atoms with E-state index in [4.69, 9.17) is 5.11 Å². The summed E-state index contributed by atoms with van der Waals surface area (Å²) in [5.74, 6) is 0.423. The number of aliphatic hydroxyl groups is 1. The Morgan fingerprint density at radius 3 is 2.43 bits per heavy atom. The average molecular weight is 431 g/mol. The number of nitrogens with zero attached hydrogens (tertiary/aromatic N) is 2. The maximum Gasteiger partial charge on any atom is 0.224 e. The Morgan fingerprint density at radius 1 is 1.18 bits per heavy atom. The van der Waals surface area contributed by atoms with Crippen molar-refractivity contribution in [3.63, 3.8) is 0 Å². The van der Waals surface area contributed by atoms with Crippen LogP contribution in [-0.2, 0) is 4.79 Å². The number of amides is 1. The van der Waals surface area contributed by atoms with Crippen molar-refractivity contribution >= 4 is 29.8 Å². The number of aliphatic hydroxyl groups excluding tert-OH is 1. The van der Waals surface area contributed by atoms with Gasteiger partial charge in [0.2, 0.25) is 5.91 Å². The summed E-state index contributed by atoms with van der Waals surface area (Å²) >= 11 is 3.96. The Labute approximate surface area is 179 Å². The molecule has 0 saturated carbocycles. The van der Waals surface area contributed by atoms with Crippen molar-refractivity contribution in [2.24, 2.45) is 5.92 Å². The standard InChI is InChI=1S/C19H34N4OS2.CH4O/c1-3-22(4-2)25-17-7-9-18(10-8-17)26-23-11-5-6-15(14-23)19(24)21-16-12-20-13-16;1-2/h7,9,15-18,20H,3-6,8,10-14H2,1-2H3,(H,21,24);2H,1H3. The molecule has 6 nitrogen and oxygen atoms in total. The van der Waals surface area contributed by atoms with E-state index in [0.717, 1.165) is 59.2 Å². The molecule has 2 heterocycles. The van der Waals surface area contributed by atoms with E-state index in [-0.39, 0.29) is 11.8 Å². The average Bonchev–Trinajstić information content (AvgIpc) is 2.71. The van der Waals surface area contributed by atoms with Gasteiger partial charge in [-0.1, -0.05) is 49.9 Å². The molecule has 3 unspecified atom stereocenters. The zero-order valence-corrected chi connectivity index (χ0v) is 19.2. The predicted octanol–water partition coefficient (Wildman–Crippen LogP) is 2.12. The van der Waals surface area contributed by atoms with E-state index in [9.17, 15) is 4.79 Å². The van der Waals surface area contributed by atoms with Crippen LogP contribution in [0.25, 0.3) is 0 Å². The van der Waals surface area contributed by atoms with E-state index in [2.05, 4.69) is 45.2 Å². The minimum absolute atomic E-state index is 0.162. The molecule has 1 aliphatic carbocycles. The van der Waals surface area contributed by atoms with Gasteiger partial charge in [0.25, 0.3) is 0 Å². The summed E-state index contributed by atoms with van der Waals surface area (Å²) in [6, 6.07) is 0.354. The molecule has 0 aromatic heterocycles. The van der Waals surface area contributed by atoms with Gasteiger partial charge in [0.1, 0.15) is 0 Å². The van der Waals surface area contributed by atoms with E-state index in [1.807, 2.05) is 23.9 Å².